The Morgan fingerprint density at radius 3 is 2.66 bits per heavy atom. The van der Waals surface area contributed by atoms with Crippen molar-refractivity contribution in [2.24, 2.45) is 0 Å². The van der Waals surface area contributed by atoms with Crippen molar-refractivity contribution in [3.8, 4) is 5.75 Å². The summed E-state index contributed by atoms with van der Waals surface area (Å²) >= 11 is 0. The zero-order valence-electron chi connectivity index (χ0n) is 20.5. The maximum Gasteiger partial charge on any atom is 0.243 e. The lowest BCUT2D eigenvalue weighted by molar-refractivity contribution is -0.121. The van der Waals surface area contributed by atoms with Crippen molar-refractivity contribution in [2.75, 3.05) is 20.2 Å². The van der Waals surface area contributed by atoms with Crippen LogP contribution in [0.15, 0.2) is 47.4 Å². The first-order valence-electron chi connectivity index (χ1n) is 12.3. The SMILES string of the molecule is CCCCn1c(CCC(=O)NCc2ccccc2OC)nc2cc(S(=O)(=O)N3CCCC3)ccc21. The number of hydrogen-bond acceptors (Lipinski definition) is 5. The zero-order chi connectivity index (χ0) is 24.8. The highest BCUT2D eigenvalue weighted by Gasteiger charge is 2.28. The van der Waals surface area contributed by atoms with Crippen LogP contribution in [0.5, 0.6) is 5.75 Å². The number of nitrogens with one attached hydrogen (secondary N) is 1. The molecule has 0 spiro atoms. The number of methoxy groups -OCH3 is 1. The first-order chi connectivity index (χ1) is 16.9. The highest BCUT2D eigenvalue weighted by molar-refractivity contribution is 7.89. The largest absolute Gasteiger partial charge is 0.496 e. The monoisotopic (exact) mass is 498 g/mol. The Labute approximate surface area is 207 Å². The summed E-state index contributed by atoms with van der Waals surface area (Å²) < 4.78 is 35.1. The molecule has 0 bridgehead atoms. The Bertz CT molecular complexity index is 1280. The van der Waals surface area contributed by atoms with E-state index in [0.29, 0.717) is 38.0 Å². The fraction of sp³-hybridized carbons (Fsp3) is 0.462. The Hall–Kier alpha value is -2.91. The average molecular weight is 499 g/mol. The molecule has 0 aliphatic carbocycles. The van der Waals surface area contributed by atoms with Crippen molar-refractivity contribution >= 4 is 27.0 Å². The summed E-state index contributed by atoms with van der Waals surface area (Å²) in [5.41, 5.74) is 2.49. The first kappa shape index (κ1) is 25.2. The van der Waals surface area contributed by atoms with Crippen molar-refractivity contribution in [3.63, 3.8) is 0 Å². The molecule has 1 N–H and O–H groups in total. The number of nitrogens with zero attached hydrogens (tertiary/aromatic N) is 3. The van der Waals surface area contributed by atoms with Crippen molar-refractivity contribution in [1.82, 2.24) is 19.2 Å². The van der Waals surface area contributed by atoms with Crippen LogP contribution in [-0.2, 0) is 34.3 Å². The Morgan fingerprint density at radius 2 is 1.91 bits per heavy atom. The molecule has 0 atom stereocenters. The summed E-state index contributed by atoms with van der Waals surface area (Å²) in [7, 11) is -1.89. The number of aryl methyl sites for hydroxylation is 2. The number of carbonyl (C=O) groups is 1. The normalized spacial score (nSPS) is 14.5. The van der Waals surface area contributed by atoms with Crippen LogP contribution in [0.3, 0.4) is 0 Å². The molecule has 8 nitrogen and oxygen atoms in total. The highest BCUT2D eigenvalue weighted by atomic mass is 32.2. The third-order valence-electron chi connectivity index (χ3n) is 6.48. The molecule has 35 heavy (non-hydrogen) atoms. The van der Waals surface area contributed by atoms with E-state index in [-0.39, 0.29) is 10.8 Å². The summed E-state index contributed by atoms with van der Waals surface area (Å²) in [5, 5.41) is 2.96. The molecule has 4 rings (SSSR count). The van der Waals surface area contributed by atoms with E-state index in [0.717, 1.165) is 54.9 Å². The number of fused-ring (bicyclic) bond motifs is 1. The van der Waals surface area contributed by atoms with E-state index in [4.69, 9.17) is 9.72 Å². The topological polar surface area (TPSA) is 93.5 Å². The number of unbranched alkanes of at least 4 members (excludes halogenated alkanes) is 1. The van der Waals surface area contributed by atoms with Gasteiger partial charge in [0.25, 0.3) is 0 Å². The molecular weight excluding hydrogens is 464 g/mol. The fourth-order valence-corrected chi connectivity index (χ4v) is 6.05. The van der Waals surface area contributed by atoms with E-state index in [9.17, 15) is 13.2 Å². The molecule has 9 heteroatoms. The molecular formula is C26H34N4O4S. The lowest BCUT2D eigenvalue weighted by Crippen LogP contribution is -2.27. The van der Waals surface area contributed by atoms with Crippen molar-refractivity contribution < 1.29 is 17.9 Å². The van der Waals surface area contributed by atoms with Crippen molar-refractivity contribution in [1.29, 1.82) is 0 Å². The zero-order valence-corrected chi connectivity index (χ0v) is 21.3. The Morgan fingerprint density at radius 1 is 1.14 bits per heavy atom. The molecule has 0 saturated carbocycles. The molecule has 1 aromatic heterocycles. The van der Waals surface area contributed by atoms with Gasteiger partial charge in [-0.15, -0.1) is 0 Å². The van der Waals surface area contributed by atoms with Gasteiger partial charge in [0, 0.05) is 44.6 Å². The summed E-state index contributed by atoms with van der Waals surface area (Å²) in [6, 6.07) is 12.8. The number of rotatable bonds is 11. The molecule has 1 saturated heterocycles. The second kappa shape index (κ2) is 11.2. The quantitative estimate of drug-likeness (QED) is 0.433. The molecule has 1 amide bonds. The van der Waals surface area contributed by atoms with Gasteiger partial charge in [-0.1, -0.05) is 31.5 Å². The standard InChI is InChI=1S/C26H34N4O4S/c1-3-4-17-30-23-12-11-21(35(32,33)29-15-7-8-16-29)18-22(23)28-25(30)13-14-26(31)27-19-20-9-5-6-10-24(20)34-2/h5-6,9-12,18H,3-4,7-8,13-17,19H2,1-2H3,(H,27,31). The average Bonchev–Trinajstić information content (AvgIpc) is 3.53. The maximum absolute atomic E-state index is 13.0. The molecule has 0 unspecified atom stereocenters. The van der Waals surface area contributed by atoms with Gasteiger partial charge in [-0.25, -0.2) is 13.4 Å². The van der Waals surface area contributed by atoms with Gasteiger partial charge >= 0.3 is 0 Å². The molecule has 3 aromatic rings. The number of aromatic nitrogens is 2. The number of imidazole rings is 1. The van der Waals surface area contributed by atoms with Crippen LogP contribution in [0.1, 0.15) is 50.4 Å². The van der Waals surface area contributed by atoms with Gasteiger partial charge in [-0.05, 0) is 43.5 Å². The van der Waals surface area contributed by atoms with Crippen molar-refractivity contribution in [3.05, 3.63) is 53.9 Å². The minimum Gasteiger partial charge on any atom is -0.496 e. The van der Waals surface area contributed by atoms with Crippen molar-refractivity contribution in [2.45, 2.75) is 63.4 Å². The van der Waals surface area contributed by atoms with Crippen LogP contribution in [-0.4, -0.2) is 48.4 Å². The lowest BCUT2D eigenvalue weighted by atomic mass is 10.2. The molecule has 188 valence electrons. The number of hydrogen-bond donors (Lipinski definition) is 1. The van der Waals surface area contributed by atoms with Gasteiger partial charge in [-0.2, -0.15) is 4.31 Å². The first-order valence-corrected chi connectivity index (χ1v) is 13.8. The molecule has 1 aliphatic heterocycles. The van der Waals surface area contributed by atoms with Crippen LogP contribution in [0.2, 0.25) is 0 Å². The molecule has 2 aromatic carbocycles. The van der Waals surface area contributed by atoms with Crippen LogP contribution in [0, 0.1) is 0 Å². The Balaban J connectivity index is 1.50. The van der Waals surface area contributed by atoms with E-state index >= 15 is 0 Å². The molecule has 0 radical (unpaired) electrons. The Kier molecular flexibility index (Phi) is 8.07. The number of amides is 1. The van der Waals surface area contributed by atoms with Crippen LogP contribution < -0.4 is 10.1 Å². The van der Waals surface area contributed by atoms with Gasteiger partial charge in [0.2, 0.25) is 15.9 Å². The third kappa shape index (κ3) is 5.67. The van der Waals surface area contributed by atoms with Gasteiger partial charge in [0.05, 0.1) is 23.0 Å². The number of carbonyl (C=O) groups excluding carboxylic acids is 1. The van der Waals surface area contributed by atoms with Crippen LogP contribution in [0.25, 0.3) is 11.0 Å². The maximum atomic E-state index is 13.0. The second-order valence-electron chi connectivity index (χ2n) is 8.88. The molecule has 1 aliphatic rings. The summed E-state index contributed by atoms with van der Waals surface area (Å²) in [5.74, 6) is 1.48. The number of sulfonamides is 1. The van der Waals surface area contributed by atoms with Gasteiger partial charge < -0.3 is 14.6 Å². The van der Waals surface area contributed by atoms with Crippen LogP contribution in [0.4, 0.5) is 0 Å². The summed E-state index contributed by atoms with van der Waals surface area (Å²) in [6.07, 6.45) is 4.58. The van der Waals surface area contributed by atoms with E-state index in [1.54, 1.807) is 23.5 Å². The van der Waals surface area contributed by atoms with E-state index < -0.39 is 10.0 Å². The minimum absolute atomic E-state index is 0.0673. The number of ether oxygens (including phenoxy) is 1. The number of para-hydroxylation sites is 1. The number of benzene rings is 2. The van der Waals surface area contributed by atoms with E-state index in [1.165, 1.54) is 0 Å². The predicted octanol–water partition coefficient (Wildman–Crippen LogP) is 3.88. The third-order valence-corrected chi connectivity index (χ3v) is 8.38. The van der Waals surface area contributed by atoms with Gasteiger partial charge in [0.1, 0.15) is 11.6 Å². The van der Waals surface area contributed by atoms with E-state index in [2.05, 4.69) is 16.8 Å². The minimum atomic E-state index is -3.51. The van der Waals surface area contributed by atoms with Crippen LogP contribution >= 0.6 is 0 Å². The highest BCUT2D eigenvalue weighted by Crippen LogP contribution is 2.26. The fourth-order valence-electron chi connectivity index (χ4n) is 4.51. The van der Waals surface area contributed by atoms with E-state index in [1.807, 2.05) is 30.3 Å². The smallest absolute Gasteiger partial charge is 0.243 e. The molecule has 1 fully saturated rings. The second-order valence-corrected chi connectivity index (χ2v) is 10.8. The molecule has 2 heterocycles. The predicted molar refractivity (Wildman–Crippen MR) is 136 cm³/mol. The van der Waals surface area contributed by atoms with Gasteiger partial charge in [-0.3, -0.25) is 4.79 Å². The van der Waals surface area contributed by atoms with Gasteiger partial charge in [0.15, 0.2) is 0 Å². The summed E-state index contributed by atoms with van der Waals surface area (Å²) in [6.45, 7) is 4.45. The lowest BCUT2D eigenvalue weighted by Gasteiger charge is -2.15. The summed E-state index contributed by atoms with van der Waals surface area (Å²) in [4.78, 5) is 17.6.